The Hall–Kier alpha value is -1.52. The van der Waals surface area contributed by atoms with Crippen LogP contribution in [-0.4, -0.2) is 28.7 Å². The molecule has 1 rings (SSSR count). The third-order valence-electron chi connectivity index (χ3n) is 1.76. The zero-order valence-corrected chi connectivity index (χ0v) is 8.58. The molecular weight excluding hydrogens is 180 g/mol. The number of carbonyl (C=O) groups excluding carboxylic acids is 1. The molecule has 1 heterocycles. The molecule has 0 saturated carbocycles. The second kappa shape index (κ2) is 5.26. The third kappa shape index (κ3) is 3.47. The molecule has 0 saturated heterocycles. The number of amides is 2. The van der Waals surface area contributed by atoms with E-state index >= 15 is 0 Å². The van der Waals surface area contributed by atoms with Crippen LogP contribution in [0.5, 0.6) is 0 Å². The monoisotopic (exact) mass is 196 g/mol. The highest BCUT2D eigenvalue weighted by atomic mass is 16.2. The topological polar surface area (TPSA) is 59.0 Å². The molecule has 0 fully saturated rings. The zero-order valence-electron chi connectivity index (χ0n) is 8.58. The minimum absolute atomic E-state index is 0.122. The Kier molecular flexibility index (Phi) is 3.97. The molecule has 0 spiro atoms. The van der Waals surface area contributed by atoms with Crippen LogP contribution in [-0.2, 0) is 13.5 Å². The van der Waals surface area contributed by atoms with Crippen molar-refractivity contribution in [2.45, 2.75) is 13.3 Å². The summed E-state index contributed by atoms with van der Waals surface area (Å²) in [5, 5.41) is 5.40. The van der Waals surface area contributed by atoms with E-state index in [0.717, 1.165) is 12.1 Å². The van der Waals surface area contributed by atoms with Crippen LogP contribution in [0, 0.1) is 0 Å². The number of imidazole rings is 1. The SMILES string of the molecule is CCNC(=O)NCCc1cn(C)cn1. The normalized spacial score (nSPS) is 9.86. The Balaban J connectivity index is 2.18. The van der Waals surface area contributed by atoms with E-state index in [2.05, 4.69) is 15.6 Å². The van der Waals surface area contributed by atoms with Crippen LogP contribution in [0.1, 0.15) is 12.6 Å². The van der Waals surface area contributed by atoms with Crippen LogP contribution in [0.15, 0.2) is 12.5 Å². The van der Waals surface area contributed by atoms with Crippen LogP contribution in [0.2, 0.25) is 0 Å². The molecule has 5 nitrogen and oxygen atoms in total. The van der Waals surface area contributed by atoms with Crippen molar-refractivity contribution >= 4 is 6.03 Å². The van der Waals surface area contributed by atoms with Gasteiger partial charge in [-0.25, -0.2) is 9.78 Å². The number of carbonyl (C=O) groups is 1. The molecule has 0 aliphatic carbocycles. The van der Waals surface area contributed by atoms with E-state index < -0.39 is 0 Å². The van der Waals surface area contributed by atoms with Gasteiger partial charge < -0.3 is 15.2 Å². The van der Waals surface area contributed by atoms with Crippen LogP contribution in [0.4, 0.5) is 4.79 Å². The molecule has 0 unspecified atom stereocenters. The fraction of sp³-hybridized carbons (Fsp3) is 0.556. The van der Waals surface area contributed by atoms with E-state index in [0.29, 0.717) is 13.1 Å². The fourth-order valence-electron chi connectivity index (χ4n) is 1.12. The van der Waals surface area contributed by atoms with Gasteiger partial charge in [0, 0.05) is 32.8 Å². The molecule has 5 heteroatoms. The summed E-state index contributed by atoms with van der Waals surface area (Å²) in [6.07, 6.45) is 4.46. The number of rotatable bonds is 4. The molecular formula is C9H16N4O. The van der Waals surface area contributed by atoms with Gasteiger partial charge in [-0.2, -0.15) is 0 Å². The van der Waals surface area contributed by atoms with Crippen LogP contribution < -0.4 is 10.6 Å². The minimum atomic E-state index is -0.122. The van der Waals surface area contributed by atoms with E-state index in [1.807, 2.05) is 24.7 Å². The van der Waals surface area contributed by atoms with Crippen molar-refractivity contribution in [1.29, 1.82) is 0 Å². The number of hydrogen-bond acceptors (Lipinski definition) is 2. The number of nitrogens with one attached hydrogen (secondary N) is 2. The first-order chi connectivity index (χ1) is 6.72. The van der Waals surface area contributed by atoms with Gasteiger partial charge in [-0.05, 0) is 6.92 Å². The van der Waals surface area contributed by atoms with Crippen LogP contribution in [0.25, 0.3) is 0 Å². The van der Waals surface area contributed by atoms with E-state index in [4.69, 9.17) is 0 Å². The first-order valence-electron chi connectivity index (χ1n) is 4.71. The Morgan fingerprint density at radius 1 is 1.57 bits per heavy atom. The quantitative estimate of drug-likeness (QED) is 0.726. The summed E-state index contributed by atoms with van der Waals surface area (Å²) in [6, 6.07) is -0.122. The second-order valence-electron chi connectivity index (χ2n) is 3.07. The summed E-state index contributed by atoms with van der Waals surface area (Å²) >= 11 is 0. The minimum Gasteiger partial charge on any atom is -0.340 e. The van der Waals surface area contributed by atoms with Gasteiger partial charge in [0.2, 0.25) is 0 Å². The molecule has 2 N–H and O–H groups in total. The standard InChI is InChI=1S/C9H16N4O/c1-3-10-9(14)11-5-4-8-6-13(2)7-12-8/h6-7H,3-5H2,1-2H3,(H2,10,11,14). The van der Waals surface area contributed by atoms with Gasteiger partial charge in [-0.15, -0.1) is 0 Å². The van der Waals surface area contributed by atoms with Crippen molar-refractivity contribution in [1.82, 2.24) is 20.2 Å². The average Bonchev–Trinajstić information content (AvgIpc) is 2.52. The summed E-state index contributed by atoms with van der Waals surface area (Å²) in [5.41, 5.74) is 0.990. The molecule has 2 amide bonds. The lowest BCUT2D eigenvalue weighted by molar-refractivity contribution is 0.241. The van der Waals surface area contributed by atoms with Crippen LogP contribution >= 0.6 is 0 Å². The van der Waals surface area contributed by atoms with Gasteiger partial charge in [0.05, 0.1) is 12.0 Å². The number of urea groups is 1. The van der Waals surface area contributed by atoms with Gasteiger partial charge in [0.15, 0.2) is 0 Å². The summed E-state index contributed by atoms with van der Waals surface area (Å²) in [4.78, 5) is 15.1. The van der Waals surface area contributed by atoms with Crippen molar-refractivity contribution in [3.8, 4) is 0 Å². The Labute approximate surface area is 83.5 Å². The van der Waals surface area contributed by atoms with Gasteiger partial charge in [-0.3, -0.25) is 0 Å². The summed E-state index contributed by atoms with van der Waals surface area (Å²) < 4.78 is 1.89. The maximum atomic E-state index is 11.0. The smallest absolute Gasteiger partial charge is 0.314 e. The average molecular weight is 196 g/mol. The fourth-order valence-corrected chi connectivity index (χ4v) is 1.12. The van der Waals surface area contributed by atoms with Crippen molar-refractivity contribution in [3.05, 3.63) is 18.2 Å². The molecule has 0 aromatic carbocycles. The summed E-state index contributed by atoms with van der Waals surface area (Å²) in [5.74, 6) is 0. The molecule has 78 valence electrons. The lowest BCUT2D eigenvalue weighted by Crippen LogP contribution is -2.36. The second-order valence-corrected chi connectivity index (χ2v) is 3.07. The van der Waals surface area contributed by atoms with Gasteiger partial charge >= 0.3 is 6.03 Å². The molecule has 1 aromatic rings. The van der Waals surface area contributed by atoms with Crippen molar-refractivity contribution < 1.29 is 4.79 Å². The van der Waals surface area contributed by atoms with Gasteiger partial charge in [-0.1, -0.05) is 0 Å². The number of hydrogen-bond donors (Lipinski definition) is 2. The van der Waals surface area contributed by atoms with E-state index in [1.165, 1.54) is 0 Å². The lowest BCUT2D eigenvalue weighted by Gasteiger charge is -2.03. The van der Waals surface area contributed by atoms with Crippen LogP contribution in [0.3, 0.4) is 0 Å². The Morgan fingerprint density at radius 2 is 2.36 bits per heavy atom. The third-order valence-corrected chi connectivity index (χ3v) is 1.76. The summed E-state index contributed by atoms with van der Waals surface area (Å²) in [7, 11) is 1.92. The highest BCUT2D eigenvalue weighted by Crippen LogP contribution is 1.93. The maximum absolute atomic E-state index is 11.0. The molecule has 0 radical (unpaired) electrons. The number of nitrogens with zero attached hydrogens (tertiary/aromatic N) is 2. The highest BCUT2D eigenvalue weighted by Gasteiger charge is 1.99. The van der Waals surface area contributed by atoms with Gasteiger partial charge in [0.25, 0.3) is 0 Å². The van der Waals surface area contributed by atoms with Gasteiger partial charge in [0.1, 0.15) is 0 Å². The highest BCUT2D eigenvalue weighted by molar-refractivity contribution is 5.73. The number of aryl methyl sites for hydroxylation is 1. The predicted molar refractivity (Wildman–Crippen MR) is 54.0 cm³/mol. The summed E-state index contributed by atoms with van der Waals surface area (Å²) in [6.45, 7) is 3.15. The zero-order chi connectivity index (χ0) is 10.4. The van der Waals surface area contributed by atoms with Crippen molar-refractivity contribution in [2.24, 2.45) is 7.05 Å². The molecule has 0 aliphatic heterocycles. The molecule has 14 heavy (non-hydrogen) atoms. The molecule has 0 aliphatic rings. The molecule has 0 atom stereocenters. The van der Waals surface area contributed by atoms with E-state index in [1.54, 1.807) is 6.33 Å². The van der Waals surface area contributed by atoms with Crippen molar-refractivity contribution in [3.63, 3.8) is 0 Å². The predicted octanol–water partition coefficient (Wildman–Crippen LogP) is 0.282. The maximum Gasteiger partial charge on any atom is 0.314 e. The Morgan fingerprint density at radius 3 is 2.93 bits per heavy atom. The number of aromatic nitrogens is 2. The van der Waals surface area contributed by atoms with E-state index in [-0.39, 0.29) is 6.03 Å². The van der Waals surface area contributed by atoms with E-state index in [9.17, 15) is 4.79 Å². The largest absolute Gasteiger partial charge is 0.340 e. The first-order valence-corrected chi connectivity index (χ1v) is 4.71. The molecule has 1 aromatic heterocycles. The Bertz CT molecular complexity index is 295. The lowest BCUT2D eigenvalue weighted by atomic mass is 10.3. The molecule has 0 bridgehead atoms. The van der Waals surface area contributed by atoms with Crippen molar-refractivity contribution in [2.75, 3.05) is 13.1 Å². The first kappa shape index (κ1) is 10.6.